The number of nitrogens with one attached hydrogen (secondary N) is 1. The number of pyridine rings is 1. The SMILES string of the molecule is O=C(NC1=NCCS1)c1ccc(OCc2ccncc2)cc1. The number of carbonyl (C=O) groups is 1. The van der Waals surface area contributed by atoms with Crippen molar-refractivity contribution in [3.8, 4) is 5.75 Å². The van der Waals surface area contributed by atoms with Crippen molar-refractivity contribution >= 4 is 22.8 Å². The smallest absolute Gasteiger partial charge is 0.257 e. The first-order valence-corrected chi connectivity index (χ1v) is 7.90. The number of ether oxygens (including phenoxy) is 1. The average molecular weight is 313 g/mol. The van der Waals surface area contributed by atoms with Crippen molar-refractivity contribution in [1.29, 1.82) is 0 Å². The molecule has 0 atom stereocenters. The molecule has 0 spiro atoms. The van der Waals surface area contributed by atoms with Crippen molar-refractivity contribution in [3.05, 3.63) is 59.9 Å². The summed E-state index contributed by atoms with van der Waals surface area (Å²) in [5, 5.41) is 3.50. The van der Waals surface area contributed by atoms with E-state index in [1.54, 1.807) is 48.4 Å². The van der Waals surface area contributed by atoms with E-state index in [0.717, 1.165) is 23.6 Å². The second-order valence-corrected chi connectivity index (χ2v) is 5.74. The summed E-state index contributed by atoms with van der Waals surface area (Å²) in [6, 6.07) is 10.9. The van der Waals surface area contributed by atoms with Crippen molar-refractivity contribution in [2.75, 3.05) is 12.3 Å². The molecule has 6 heteroatoms. The molecule has 1 amide bonds. The lowest BCUT2D eigenvalue weighted by molar-refractivity contribution is 0.0978. The van der Waals surface area contributed by atoms with Crippen molar-refractivity contribution in [2.45, 2.75) is 6.61 Å². The number of hydrogen-bond acceptors (Lipinski definition) is 5. The summed E-state index contributed by atoms with van der Waals surface area (Å²) in [7, 11) is 0. The molecule has 0 saturated carbocycles. The number of aromatic nitrogens is 1. The quantitative estimate of drug-likeness (QED) is 0.942. The Kier molecular flexibility index (Phi) is 4.70. The minimum absolute atomic E-state index is 0.145. The third kappa shape index (κ3) is 3.85. The molecule has 0 radical (unpaired) electrons. The van der Waals surface area contributed by atoms with Crippen LogP contribution in [-0.4, -0.2) is 28.4 Å². The Morgan fingerprint density at radius 1 is 1.18 bits per heavy atom. The normalized spacial score (nSPS) is 13.5. The number of benzene rings is 1. The largest absolute Gasteiger partial charge is 0.489 e. The Balaban J connectivity index is 1.56. The fraction of sp³-hybridized carbons (Fsp3) is 0.188. The zero-order valence-electron chi connectivity index (χ0n) is 11.9. The van der Waals surface area contributed by atoms with E-state index >= 15 is 0 Å². The van der Waals surface area contributed by atoms with Gasteiger partial charge >= 0.3 is 0 Å². The molecule has 1 aliphatic rings. The van der Waals surface area contributed by atoms with Gasteiger partial charge in [0.2, 0.25) is 0 Å². The number of rotatable bonds is 4. The van der Waals surface area contributed by atoms with Gasteiger partial charge in [0, 0.05) is 23.7 Å². The molecule has 5 nitrogen and oxygen atoms in total. The lowest BCUT2D eigenvalue weighted by Crippen LogP contribution is -2.27. The molecular formula is C16H15N3O2S. The lowest BCUT2D eigenvalue weighted by Gasteiger charge is -2.07. The van der Waals surface area contributed by atoms with Gasteiger partial charge in [-0.15, -0.1) is 0 Å². The van der Waals surface area contributed by atoms with Crippen LogP contribution < -0.4 is 10.1 Å². The van der Waals surface area contributed by atoms with E-state index in [4.69, 9.17) is 4.74 Å². The minimum Gasteiger partial charge on any atom is -0.489 e. The molecule has 0 bridgehead atoms. The molecule has 1 N–H and O–H groups in total. The molecule has 0 fully saturated rings. The number of hydrogen-bond donors (Lipinski definition) is 1. The molecule has 0 unspecified atom stereocenters. The molecule has 1 aliphatic heterocycles. The van der Waals surface area contributed by atoms with Gasteiger partial charge in [0.15, 0.2) is 5.17 Å². The molecular weight excluding hydrogens is 298 g/mol. The highest BCUT2D eigenvalue weighted by Crippen LogP contribution is 2.15. The predicted octanol–water partition coefficient (Wildman–Crippen LogP) is 2.49. The molecule has 22 heavy (non-hydrogen) atoms. The van der Waals surface area contributed by atoms with Gasteiger partial charge in [-0.1, -0.05) is 11.8 Å². The molecule has 2 heterocycles. The Morgan fingerprint density at radius 3 is 2.64 bits per heavy atom. The maximum absolute atomic E-state index is 12.0. The van der Waals surface area contributed by atoms with Gasteiger partial charge in [-0.3, -0.25) is 14.8 Å². The van der Waals surface area contributed by atoms with Crippen LogP contribution in [0.2, 0.25) is 0 Å². The summed E-state index contributed by atoms with van der Waals surface area (Å²) in [5.74, 6) is 1.51. The first-order valence-electron chi connectivity index (χ1n) is 6.91. The maximum Gasteiger partial charge on any atom is 0.257 e. The van der Waals surface area contributed by atoms with Crippen molar-refractivity contribution in [1.82, 2.24) is 10.3 Å². The van der Waals surface area contributed by atoms with Gasteiger partial charge in [-0.2, -0.15) is 0 Å². The van der Waals surface area contributed by atoms with Gasteiger partial charge in [0.25, 0.3) is 5.91 Å². The zero-order chi connectivity index (χ0) is 15.2. The van der Waals surface area contributed by atoms with Gasteiger partial charge in [0.05, 0.1) is 6.54 Å². The van der Waals surface area contributed by atoms with E-state index in [1.807, 2.05) is 12.1 Å². The molecule has 2 aromatic rings. The fourth-order valence-electron chi connectivity index (χ4n) is 1.93. The number of amidine groups is 1. The van der Waals surface area contributed by atoms with Gasteiger partial charge in [-0.25, -0.2) is 0 Å². The van der Waals surface area contributed by atoms with E-state index in [0.29, 0.717) is 17.3 Å². The summed E-state index contributed by atoms with van der Waals surface area (Å²) < 4.78 is 5.67. The molecule has 0 saturated heterocycles. The van der Waals surface area contributed by atoms with Crippen LogP contribution in [-0.2, 0) is 6.61 Å². The van der Waals surface area contributed by atoms with Crippen molar-refractivity contribution < 1.29 is 9.53 Å². The van der Waals surface area contributed by atoms with Crippen LogP contribution in [0.4, 0.5) is 0 Å². The number of carbonyl (C=O) groups excluding carboxylic acids is 1. The number of aliphatic imine (C=N–C) groups is 1. The van der Waals surface area contributed by atoms with Gasteiger partial charge in [0.1, 0.15) is 12.4 Å². The van der Waals surface area contributed by atoms with Gasteiger partial charge < -0.3 is 10.1 Å². The van der Waals surface area contributed by atoms with E-state index < -0.39 is 0 Å². The van der Waals surface area contributed by atoms with Crippen LogP contribution in [0.5, 0.6) is 5.75 Å². The van der Waals surface area contributed by atoms with Crippen LogP contribution in [0.1, 0.15) is 15.9 Å². The summed E-state index contributed by atoms with van der Waals surface area (Å²) in [6.07, 6.45) is 3.46. The monoisotopic (exact) mass is 313 g/mol. The summed E-state index contributed by atoms with van der Waals surface area (Å²) in [4.78, 5) is 20.2. The second-order valence-electron chi connectivity index (χ2n) is 4.66. The fourth-order valence-corrected chi connectivity index (χ4v) is 2.65. The molecule has 1 aromatic carbocycles. The Morgan fingerprint density at radius 2 is 1.95 bits per heavy atom. The number of thioether (sulfide) groups is 1. The summed E-state index contributed by atoms with van der Waals surface area (Å²) in [5.41, 5.74) is 1.64. The topological polar surface area (TPSA) is 63.6 Å². The van der Waals surface area contributed by atoms with E-state index in [-0.39, 0.29) is 5.91 Å². The average Bonchev–Trinajstić information content (AvgIpc) is 3.07. The van der Waals surface area contributed by atoms with Crippen LogP contribution in [0.3, 0.4) is 0 Å². The molecule has 1 aromatic heterocycles. The Bertz CT molecular complexity index is 672. The third-order valence-corrected chi connectivity index (χ3v) is 3.97. The highest BCUT2D eigenvalue weighted by Gasteiger charge is 2.12. The summed E-state index contributed by atoms with van der Waals surface area (Å²) in [6.45, 7) is 1.24. The van der Waals surface area contributed by atoms with E-state index in [2.05, 4.69) is 15.3 Å². The highest BCUT2D eigenvalue weighted by molar-refractivity contribution is 8.14. The van der Waals surface area contributed by atoms with Crippen LogP contribution in [0.15, 0.2) is 53.8 Å². The first-order chi connectivity index (χ1) is 10.8. The Labute approximate surface area is 132 Å². The standard InChI is InChI=1S/C16H15N3O2S/c20-15(19-16-18-9-10-22-16)13-1-3-14(4-2-13)21-11-12-5-7-17-8-6-12/h1-8H,9-11H2,(H,18,19,20). The maximum atomic E-state index is 12.0. The third-order valence-electron chi connectivity index (χ3n) is 3.08. The zero-order valence-corrected chi connectivity index (χ0v) is 12.7. The minimum atomic E-state index is -0.145. The summed E-state index contributed by atoms with van der Waals surface area (Å²) >= 11 is 1.56. The first kappa shape index (κ1) is 14.6. The second kappa shape index (κ2) is 7.09. The Hall–Kier alpha value is -2.34. The molecule has 112 valence electrons. The van der Waals surface area contributed by atoms with Gasteiger partial charge in [-0.05, 0) is 42.0 Å². The van der Waals surface area contributed by atoms with E-state index in [1.165, 1.54) is 0 Å². The van der Waals surface area contributed by atoms with Crippen molar-refractivity contribution in [2.24, 2.45) is 4.99 Å². The van der Waals surface area contributed by atoms with Crippen LogP contribution in [0.25, 0.3) is 0 Å². The number of amides is 1. The van der Waals surface area contributed by atoms with E-state index in [9.17, 15) is 4.79 Å². The molecule has 0 aliphatic carbocycles. The predicted molar refractivity (Wildman–Crippen MR) is 87.2 cm³/mol. The lowest BCUT2D eigenvalue weighted by atomic mass is 10.2. The van der Waals surface area contributed by atoms with Crippen LogP contribution in [0, 0.1) is 0 Å². The van der Waals surface area contributed by atoms with Crippen molar-refractivity contribution in [3.63, 3.8) is 0 Å². The molecule has 3 rings (SSSR count). The van der Waals surface area contributed by atoms with Crippen LogP contribution >= 0.6 is 11.8 Å². The number of nitrogens with zero attached hydrogens (tertiary/aromatic N) is 2. The highest BCUT2D eigenvalue weighted by atomic mass is 32.2.